The molecule has 0 bridgehead atoms. The van der Waals surface area contributed by atoms with Gasteiger partial charge in [-0.3, -0.25) is 19.2 Å². The van der Waals surface area contributed by atoms with E-state index in [0.29, 0.717) is 16.6 Å². The van der Waals surface area contributed by atoms with E-state index in [1.54, 1.807) is 57.3 Å². The zero-order valence-electron chi connectivity index (χ0n) is 21.9. The van der Waals surface area contributed by atoms with Gasteiger partial charge in [-0.25, -0.2) is 0 Å². The number of ketones is 2. The first kappa shape index (κ1) is 26.9. The molecule has 0 radical (unpaired) electrons. The summed E-state index contributed by atoms with van der Waals surface area (Å²) in [6.45, 7) is 12.6. The maximum atomic E-state index is 14.0. The zero-order chi connectivity index (χ0) is 27.2. The molecule has 2 aromatic heterocycles. The number of Topliss-reactive ketones (excluding diaryl/α,β-unsaturated/α-hetero) is 1. The number of amides is 1. The number of rotatable bonds is 8. The number of carbonyl (C=O) groups excluding carboxylic acids is 3. The number of hydrogen-bond acceptors (Lipinski definition) is 4. The summed E-state index contributed by atoms with van der Waals surface area (Å²) in [6, 6.07) is 9.89. The zero-order valence-corrected chi connectivity index (χ0v) is 21.9. The molecule has 3 N–H and O–H groups in total. The molecule has 0 aliphatic rings. The van der Waals surface area contributed by atoms with E-state index in [4.69, 9.17) is 5.73 Å². The molecule has 1 amide bonds. The van der Waals surface area contributed by atoms with Crippen molar-refractivity contribution in [1.82, 2.24) is 4.40 Å². The first-order valence-electron chi connectivity index (χ1n) is 12.0. The van der Waals surface area contributed by atoms with Gasteiger partial charge in [0.05, 0.1) is 16.6 Å². The van der Waals surface area contributed by atoms with Crippen LogP contribution in [0.25, 0.3) is 5.52 Å². The molecule has 3 rings (SSSR count). The van der Waals surface area contributed by atoms with Gasteiger partial charge in [0.1, 0.15) is 0 Å². The van der Waals surface area contributed by atoms with Crippen molar-refractivity contribution in [3.8, 4) is 0 Å². The van der Waals surface area contributed by atoms with E-state index in [-0.39, 0.29) is 34.9 Å². The number of primary amides is 1. The molecule has 0 aliphatic heterocycles. The molecule has 36 heavy (non-hydrogen) atoms. The lowest BCUT2D eigenvalue weighted by molar-refractivity contribution is -0.146. The fraction of sp³-hybridized carbons (Fsp3) is 0.379. The Bertz CT molecular complexity index is 1390. The van der Waals surface area contributed by atoms with Crippen molar-refractivity contribution in [3.05, 3.63) is 76.1 Å². The van der Waals surface area contributed by atoms with Crippen molar-refractivity contribution in [3.63, 3.8) is 0 Å². The molecule has 0 aliphatic carbocycles. The fourth-order valence-corrected chi connectivity index (χ4v) is 4.20. The summed E-state index contributed by atoms with van der Waals surface area (Å²) in [5, 5.41) is 9.90. The van der Waals surface area contributed by atoms with Crippen LogP contribution < -0.4 is 5.73 Å². The number of nitrogens with two attached hydrogens (primary N) is 1. The van der Waals surface area contributed by atoms with Crippen LogP contribution in [0.15, 0.2) is 42.6 Å². The number of benzene rings is 1. The van der Waals surface area contributed by atoms with E-state index in [0.717, 1.165) is 5.56 Å². The van der Waals surface area contributed by atoms with Crippen LogP contribution in [0.3, 0.4) is 0 Å². The second kappa shape index (κ2) is 9.37. The van der Waals surface area contributed by atoms with E-state index >= 15 is 0 Å². The second-order valence-electron chi connectivity index (χ2n) is 11.3. The van der Waals surface area contributed by atoms with Gasteiger partial charge in [-0.2, -0.15) is 0 Å². The van der Waals surface area contributed by atoms with Crippen molar-refractivity contribution >= 4 is 29.0 Å². The van der Waals surface area contributed by atoms with Crippen LogP contribution in [0, 0.1) is 10.8 Å². The maximum absolute atomic E-state index is 14.0. The van der Waals surface area contributed by atoms with Crippen LogP contribution in [0.1, 0.15) is 102 Å². The predicted octanol–water partition coefficient (Wildman–Crippen LogP) is 5.27. The van der Waals surface area contributed by atoms with Crippen LogP contribution in [0.4, 0.5) is 0 Å². The van der Waals surface area contributed by atoms with E-state index in [1.165, 1.54) is 12.1 Å². The third-order valence-electron chi connectivity index (χ3n) is 6.46. The molecular formula is C29H34N2O5. The van der Waals surface area contributed by atoms with Crippen molar-refractivity contribution < 1.29 is 24.3 Å². The lowest BCUT2D eigenvalue weighted by atomic mass is 9.79. The molecule has 190 valence electrons. The van der Waals surface area contributed by atoms with Gasteiger partial charge in [-0.15, -0.1) is 0 Å². The van der Waals surface area contributed by atoms with Crippen molar-refractivity contribution in [2.45, 2.75) is 60.8 Å². The van der Waals surface area contributed by atoms with Crippen LogP contribution >= 0.6 is 0 Å². The van der Waals surface area contributed by atoms with Gasteiger partial charge in [0.25, 0.3) is 0 Å². The minimum atomic E-state index is -1.25. The number of carboxylic acids is 1. The topological polar surface area (TPSA) is 119 Å². The maximum Gasteiger partial charge on any atom is 0.309 e. The van der Waals surface area contributed by atoms with Crippen LogP contribution in [-0.2, 0) is 11.2 Å². The SMILES string of the molecule is CC(C)c1ccn2c(C(=O)c3cccc(C(N)=O)c3)c(CC(C)(C)C(=O)O)c(C(=O)C(C)(C)C)c2c1. The number of pyridine rings is 1. The first-order chi connectivity index (χ1) is 16.6. The summed E-state index contributed by atoms with van der Waals surface area (Å²) < 4.78 is 1.68. The molecule has 0 spiro atoms. The standard InChI is InChI=1S/C29H34N2O5/c1-16(2)17-11-12-31-21(14-17)22(25(33)28(3,4)5)20(15-29(6,7)27(35)36)23(31)24(32)18-9-8-10-19(13-18)26(30)34/h8-14,16H,15H2,1-7H3,(H2,30,34)(H,35,36). The molecule has 0 unspecified atom stereocenters. The quantitative estimate of drug-likeness (QED) is 0.417. The third-order valence-corrected chi connectivity index (χ3v) is 6.46. The highest BCUT2D eigenvalue weighted by molar-refractivity contribution is 6.15. The summed E-state index contributed by atoms with van der Waals surface area (Å²) in [5.74, 6) is -2.13. The summed E-state index contributed by atoms with van der Waals surface area (Å²) >= 11 is 0. The number of hydrogen-bond donors (Lipinski definition) is 2. The molecule has 0 fully saturated rings. The lowest BCUT2D eigenvalue weighted by Gasteiger charge is -2.22. The number of fused-ring (bicyclic) bond motifs is 1. The number of carboxylic acid groups (broad SMARTS) is 1. The summed E-state index contributed by atoms with van der Waals surface area (Å²) in [7, 11) is 0. The van der Waals surface area contributed by atoms with Crippen LogP contribution in [0.5, 0.6) is 0 Å². The Morgan fingerprint density at radius 1 is 0.972 bits per heavy atom. The Kier molecular flexibility index (Phi) is 6.99. The monoisotopic (exact) mass is 490 g/mol. The van der Waals surface area contributed by atoms with Crippen molar-refractivity contribution in [2.24, 2.45) is 16.6 Å². The molecule has 0 atom stereocenters. The first-order valence-corrected chi connectivity index (χ1v) is 12.0. The number of nitrogens with zero attached hydrogens (tertiary/aromatic N) is 1. The highest BCUT2D eigenvalue weighted by Gasteiger charge is 2.37. The van der Waals surface area contributed by atoms with E-state index < -0.39 is 28.5 Å². The second-order valence-corrected chi connectivity index (χ2v) is 11.3. The van der Waals surface area contributed by atoms with E-state index in [9.17, 15) is 24.3 Å². The minimum absolute atomic E-state index is 0.0330. The highest BCUT2D eigenvalue weighted by atomic mass is 16.4. The lowest BCUT2D eigenvalue weighted by Crippen LogP contribution is -2.29. The van der Waals surface area contributed by atoms with Crippen molar-refractivity contribution in [2.75, 3.05) is 0 Å². The van der Waals surface area contributed by atoms with Crippen molar-refractivity contribution in [1.29, 1.82) is 0 Å². The normalized spacial score (nSPS) is 12.2. The molecule has 2 heterocycles. The third kappa shape index (κ3) is 4.96. The van der Waals surface area contributed by atoms with Gasteiger partial charge in [0.15, 0.2) is 5.78 Å². The Morgan fingerprint density at radius 2 is 1.58 bits per heavy atom. The Morgan fingerprint density at radius 3 is 2.11 bits per heavy atom. The van der Waals surface area contributed by atoms with Gasteiger partial charge >= 0.3 is 5.97 Å². The average molecular weight is 491 g/mol. The van der Waals surface area contributed by atoms with Crippen LogP contribution in [0.2, 0.25) is 0 Å². The number of aromatic nitrogens is 1. The Balaban J connectivity index is 2.46. The Labute approximate surface area is 211 Å². The average Bonchev–Trinajstić information content (AvgIpc) is 3.09. The number of aliphatic carboxylic acids is 1. The predicted molar refractivity (Wildman–Crippen MR) is 139 cm³/mol. The summed E-state index contributed by atoms with van der Waals surface area (Å²) in [5.41, 5.74) is 6.32. The smallest absolute Gasteiger partial charge is 0.309 e. The molecule has 7 heteroatoms. The molecular weight excluding hydrogens is 456 g/mol. The van der Waals surface area contributed by atoms with E-state index in [2.05, 4.69) is 0 Å². The minimum Gasteiger partial charge on any atom is -0.481 e. The van der Waals surface area contributed by atoms with Gasteiger partial charge in [-0.1, -0.05) is 46.8 Å². The molecule has 7 nitrogen and oxygen atoms in total. The molecule has 0 saturated heterocycles. The summed E-state index contributed by atoms with van der Waals surface area (Å²) in [6.07, 6.45) is 1.72. The van der Waals surface area contributed by atoms with Gasteiger partial charge in [0.2, 0.25) is 11.7 Å². The van der Waals surface area contributed by atoms with Gasteiger partial charge < -0.3 is 15.2 Å². The molecule has 3 aromatic rings. The van der Waals surface area contributed by atoms with Gasteiger partial charge in [0, 0.05) is 28.3 Å². The largest absolute Gasteiger partial charge is 0.481 e. The molecule has 1 aromatic carbocycles. The summed E-state index contributed by atoms with van der Waals surface area (Å²) in [4.78, 5) is 51.7. The van der Waals surface area contributed by atoms with Gasteiger partial charge in [-0.05, 0) is 61.6 Å². The fourth-order valence-electron chi connectivity index (χ4n) is 4.20. The Hall–Kier alpha value is -3.74. The molecule has 0 saturated carbocycles. The van der Waals surface area contributed by atoms with E-state index in [1.807, 2.05) is 26.0 Å². The highest BCUT2D eigenvalue weighted by Crippen LogP contribution is 2.37. The van der Waals surface area contributed by atoms with Crippen LogP contribution in [-0.4, -0.2) is 33.0 Å². The number of carbonyl (C=O) groups is 4.